The molecule has 0 spiro atoms. The zero-order valence-electron chi connectivity index (χ0n) is 9.45. The van der Waals surface area contributed by atoms with Gasteiger partial charge < -0.3 is 9.09 Å². The van der Waals surface area contributed by atoms with Gasteiger partial charge in [-0.1, -0.05) is 25.9 Å². The summed E-state index contributed by atoms with van der Waals surface area (Å²) in [7, 11) is 0.691. The second-order valence-corrected chi connectivity index (χ2v) is 8.81. The SMILES string of the molecule is CC[Si](CC)(CC)N(C)c1ncno1. The van der Waals surface area contributed by atoms with Gasteiger partial charge in [-0.15, -0.1) is 0 Å². The fraction of sp³-hybridized carbons (Fsp3) is 0.778. The number of aromatic nitrogens is 2. The highest BCUT2D eigenvalue weighted by Gasteiger charge is 2.34. The Labute approximate surface area is 86.4 Å². The maximum absolute atomic E-state index is 5.11. The van der Waals surface area contributed by atoms with Crippen molar-refractivity contribution in [2.75, 3.05) is 11.6 Å². The van der Waals surface area contributed by atoms with Crippen LogP contribution < -0.4 is 4.57 Å². The lowest BCUT2D eigenvalue weighted by molar-refractivity contribution is 0.425. The number of nitrogens with zero attached hydrogens (tertiary/aromatic N) is 3. The molecule has 80 valence electrons. The van der Waals surface area contributed by atoms with E-state index < -0.39 is 8.24 Å². The highest BCUT2D eigenvalue weighted by molar-refractivity contribution is 6.82. The van der Waals surface area contributed by atoms with Crippen molar-refractivity contribution in [3.63, 3.8) is 0 Å². The van der Waals surface area contributed by atoms with E-state index in [9.17, 15) is 0 Å². The van der Waals surface area contributed by atoms with Gasteiger partial charge in [-0.3, -0.25) is 0 Å². The van der Waals surface area contributed by atoms with Gasteiger partial charge in [0.15, 0.2) is 14.6 Å². The number of hydrogen-bond donors (Lipinski definition) is 0. The molecule has 1 rings (SSSR count). The van der Waals surface area contributed by atoms with Gasteiger partial charge in [0.1, 0.15) is 0 Å². The summed E-state index contributed by atoms with van der Waals surface area (Å²) in [6.45, 7) is 6.77. The van der Waals surface area contributed by atoms with E-state index in [1.807, 2.05) is 0 Å². The van der Waals surface area contributed by atoms with Gasteiger partial charge in [-0.05, 0) is 18.1 Å². The molecular formula is C9H19N3OSi. The second-order valence-electron chi connectivity index (χ2n) is 3.57. The van der Waals surface area contributed by atoms with Gasteiger partial charge in [-0.2, -0.15) is 4.98 Å². The van der Waals surface area contributed by atoms with Crippen LogP contribution in [0.3, 0.4) is 0 Å². The predicted molar refractivity (Wildman–Crippen MR) is 59.9 cm³/mol. The highest BCUT2D eigenvalue weighted by Crippen LogP contribution is 2.26. The molecule has 0 fully saturated rings. The van der Waals surface area contributed by atoms with E-state index in [0.717, 1.165) is 0 Å². The van der Waals surface area contributed by atoms with Gasteiger partial charge in [0, 0.05) is 7.05 Å². The van der Waals surface area contributed by atoms with Gasteiger partial charge in [-0.25, -0.2) is 0 Å². The van der Waals surface area contributed by atoms with Crippen LogP contribution in [0.1, 0.15) is 20.8 Å². The van der Waals surface area contributed by atoms with Crippen LogP contribution in [0, 0.1) is 0 Å². The van der Waals surface area contributed by atoms with Gasteiger partial charge in [0.25, 0.3) is 0 Å². The van der Waals surface area contributed by atoms with Gasteiger partial charge in [0.05, 0.1) is 0 Å². The molecule has 1 heterocycles. The minimum Gasteiger partial charge on any atom is -0.354 e. The highest BCUT2D eigenvalue weighted by atomic mass is 28.3. The Morgan fingerprint density at radius 3 is 2.21 bits per heavy atom. The molecule has 0 saturated carbocycles. The molecule has 4 nitrogen and oxygen atoms in total. The average molecular weight is 213 g/mol. The standard InChI is InChI=1S/C9H19N3OSi/c1-5-14(6-2,7-3)12(4)9-10-8-11-13-9/h8H,5-7H2,1-4H3. The molecule has 1 aromatic heterocycles. The molecule has 0 radical (unpaired) electrons. The fourth-order valence-electron chi connectivity index (χ4n) is 1.98. The average Bonchev–Trinajstić information content (AvgIpc) is 2.74. The molecule has 0 saturated heterocycles. The molecule has 1 aromatic rings. The van der Waals surface area contributed by atoms with Crippen LogP contribution >= 0.6 is 0 Å². The fourth-order valence-corrected chi connectivity index (χ4v) is 5.41. The molecule has 0 aromatic carbocycles. The minimum atomic E-state index is -1.39. The predicted octanol–water partition coefficient (Wildman–Crippen LogP) is 2.51. The molecule has 0 bridgehead atoms. The molecule has 5 heteroatoms. The number of rotatable bonds is 5. The van der Waals surface area contributed by atoms with Crippen molar-refractivity contribution in [3.8, 4) is 0 Å². The van der Waals surface area contributed by atoms with Crippen LogP contribution in [0.15, 0.2) is 10.9 Å². The topological polar surface area (TPSA) is 42.2 Å². The van der Waals surface area contributed by atoms with Crippen molar-refractivity contribution in [1.29, 1.82) is 0 Å². The summed E-state index contributed by atoms with van der Waals surface area (Å²) in [5.74, 6) is 0. The Balaban J connectivity index is 2.89. The Kier molecular flexibility index (Phi) is 3.68. The largest absolute Gasteiger partial charge is 0.354 e. The Morgan fingerprint density at radius 1 is 1.29 bits per heavy atom. The Bertz CT molecular complexity index is 251. The maximum atomic E-state index is 5.11. The summed E-state index contributed by atoms with van der Waals surface area (Å²) in [5, 5.41) is 3.65. The van der Waals surface area contributed by atoms with Crippen molar-refractivity contribution in [1.82, 2.24) is 10.1 Å². The van der Waals surface area contributed by atoms with E-state index in [4.69, 9.17) is 4.52 Å². The van der Waals surface area contributed by atoms with Crippen molar-refractivity contribution in [3.05, 3.63) is 6.33 Å². The van der Waals surface area contributed by atoms with Gasteiger partial charge in [0.2, 0.25) is 0 Å². The van der Waals surface area contributed by atoms with Crippen molar-refractivity contribution in [2.24, 2.45) is 0 Å². The first-order valence-corrected chi connectivity index (χ1v) is 7.77. The smallest absolute Gasteiger partial charge is 0.315 e. The number of anilines is 1. The van der Waals surface area contributed by atoms with Crippen molar-refractivity contribution in [2.45, 2.75) is 38.9 Å². The van der Waals surface area contributed by atoms with Crippen molar-refractivity contribution >= 4 is 14.3 Å². The summed E-state index contributed by atoms with van der Waals surface area (Å²) >= 11 is 0. The Hall–Kier alpha value is -0.843. The molecule has 0 atom stereocenters. The monoisotopic (exact) mass is 213 g/mol. The van der Waals surface area contributed by atoms with E-state index in [2.05, 4.69) is 42.5 Å². The lowest BCUT2D eigenvalue weighted by atomic mass is 10.9. The van der Waals surface area contributed by atoms with Crippen LogP contribution in [-0.4, -0.2) is 25.4 Å². The zero-order chi connectivity index (χ0) is 10.6. The summed E-state index contributed by atoms with van der Waals surface area (Å²) in [6.07, 6.45) is 1.46. The molecule has 0 aliphatic carbocycles. The lowest BCUT2D eigenvalue weighted by Gasteiger charge is -2.36. The molecule has 0 N–H and O–H groups in total. The van der Waals surface area contributed by atoms with Crippen LogP contribution in [0.4, 0.5) is 6.01 Å². The van der Waals surface area contributed by atoms with Crippen LogP contribution in [0.25, 0.3) is 0 Å². The van der Waals surface area contributed by atoms with Crippen LogP contribution in [0.2, 0.25) is 18.1 Å². The Morgan fingerprint density at radius 2 is 1.86 bits per heavy atom. The number of hydrogen-bond acceptors (Lipinski definition) is 4. The maximum Gasteiger partial charge on any atom is 0.315 e. The third-order valence-corrected chi connectivity index (χ3v) is 8.89. The lowest BCUT2D eigenvalue weighted by Crippen LogP contribution is -2.50. The van der Waals surface area contributed by atoms with E-state index in [1.54, 1.807) is 0 Å². The molecule has 14 heavy (non-hydrogen) atoms. The summed E-state index contributed by atoms with van der Waals surface area (Å²) < 4.78 is 7.34. The third kappa shape index (κ3) is 1.82. The van der Waals surface area contributed by atoms with E-state index in [1.165, 1.54) is 24.5 Å². The van der Waals surface area contributed by atoms with E-state index in [0.29, 0.717) is 6.01 Å². The summed E-state index contributed by atoms with van der Waals surface area (Å²) in [6, 6.07) is 4.33. The first-order valence-electron chi connectivity index (χ1n) is 5.20. The quantitative estimate of drug-likeness (QED) is 0.705. The molecule has 0 aliphatic rings. The molecular weight excluding hydrogens is 194 g/mol. The molecule has 0 aliphatic heterocycles. The molecule has 0 unspecified atom stereocenters. The second kappa shape index (κ2) is 4.59. The zero-order valence-corrected chi connectivity index (χ0v) is 10.4. The normalized spacial score (nSPS) is 11.7. The van der Waals surface area contributed by atoms with Crippen LogP contribution in [-0.2, 0) is 0 Å². The van der Waals surface area contributed by atoms with Crippen LogP contribution in [0.5, 0.6) is 0 Å². The minimum absolute atomic E-state index is 0.669. The van der Waals surface area contributed by atoms with E-state index in [-0.39, 0.29) is 0 Å². The molecule has 0 amide bonds. The summed E-state index contributed by atoms with van der Waals surface area (Å²) in [4.78, 5) is 4.11. The third-order valence-electron chi connectivity index (χ3n) is 3.32. The van der Waals surface area contributed by atoms with Crippen molar-refractivity contribution < 1.29 is 4.52 Å². The van der Waals surface area contributed by atoms with E-state index >= 15 is 0 Å². The summed E-state index contributed by atoms with van der Waals surface area (Å²) in [5.41, 5.74) is 0. The first-order chi connectivity index (χ1) is 6.70. The van der Waals surface area contributed by atoms with Gasteiger partial charge >= 0.3 is 6.01 Å². The first kappa shape index (κ1) is 11.2.